The molecule has 1 heterocycles. The molecule has 6 nitrogen and oxygen atoms in total. The number of rotatable bonds is 7. The van der Waals surface area contributed by atoms with Gasteiger partial charge in [-0.25, -0.2) is 13.2 Å². The Morgan fingerprint density at radius 1 is 1.35 bits per heavy atom. The van der Waals surface area contributed by atoms with Gasteiger partial charge in [-0.05, 0) is 25.0 Å². The fraction of sp³-hybridized carbons (Fsp3) is 0.529. The maximum Gasteiger partial charge on any atom is 0.245 e. The number of piperazine rings is 1. The summed E-state index contributed by atoms with van der Waals surface area (Å²) < 4.78 is 45.2. The van der Waals surface area contributed by atoms with Crippen molar-refractivity contribution in [3.05, 3.63) is 35.1 Å². The zero-order valence-electron chi connectivity index (χ0n) is 14.4. The van der Waals surface area contributed by atoms with E-state index in [1.54, 1.807) is 6.92 Å². The molecule has 1 aliphatic rings. The third-order valence-corrected chi connectivity index (χ3v) is 4.14. The average molecular weight is 373 g/mol. The Balaban J connectivity index is 2.01. The fourth-order valence-electron chi connectivity index (χ4n) is 2.82. The Labute approximate surface area is 149 Å². The first-order chi connectivity index (χ1) is 12.3. The predicted octanol–water partition coefficient (Wildman–Crippen LogP) is 0.727. The van der Waals surface area contributed by atoms with Crippen molar-refractivity contribution in [3.8, 4) is 0 Å². The minimum Gasteiger partial charge on any atom is -0.379 e. The van der Waals surface area contributed by atoms with Crippen LogP contribution in [0.5, 0.6) is 0 Å². The van der Waals surface area contributed by atoms with Crippen LogP contribution in [0.2, 0.25) is 0 Å². The fourth-order valence-corrected chi connectivity index (χ4v) is 2.82. The van der Waals surface area contributed by atoms with E-state index in [-0.39, 0.29) is 36.8 Å². The topological polar surface area (TPSA) is 84.7 Å². The first-order valence-electron chi connectivity index (χ1n) is 8.37. The van der Waals surface area contributed by atoms with Crippen LogP contribution in [-0.4, -0.2) is 55.1 Å². The molecular formula is C17H22F3N3O3. The van der Waals surface area contributed by atoms with Crippen LogP contribution in [0.1, 0.15) is 18.9 Å². The van der Waals surface area contributed by atoms with Gasteiger partial charge in [-0.15, -0.1) is 0 Å². The highest BCUT2D eigenvalue weighted by molar-refractivity contribution is 5.89. The maximum absolute atomic E-state index is 13.7. The number of hydrogen-bond donors (Lipinski definition) is 2. The molecule has 2 amide bonds. The van der Waals surface area contributed by atoms with Crippen molar-refractivity contribution >= 4 is 11.8 Å². The molecule has 0 aromatic heterocycles. The molecule has 0 aliphatic carbocycles. The van der Waals surface area contributed by atoms with E-state index in [4.69, 9.17) is 10.5 Å². The normalized spacial score (nSPS) is 18.6. The number of carbonyl (C=O) groups is 2. The van der Waals surface area contributed by atoms with E-state index < -0.39 is 29.5 Å². The molecule has 2 unspecified atom stereocenters. The summed E-state index contributed by atoms with van der Waals surface area (Å²) in [7, 11) is 0. The van der Waals surface area contributed by atoms with Crippen molar-refractivity contribution in [3.63, 3.8) is 0 Å². The van der Waals surface area contributed by atoms with Crippen molar-refractivity contribution in [1.29, 1.82) is 0 Å². The van der Waals surface area contributed by atoms with Crippen LogP contribution < -0.4 is 11.1 Å². The molecule has 1 fully saturated rings. The molecule has 0 radical (unpaired) electrons. The van der Waals surface area contributed by atoms with Crippen LogP contribution in [0.25, 0.3) is 0 Å². The van der Waals surface area contributed by atoms with E-state index in [2.05, 4.69) is 5.32 Å². The lowest BCUT2D eigenvalue weighted by atomic mass is 10.0. The number of nitrogens with zero attached hydrogens (tertiary/aromatic N) is 1. The van der Waals surface area contributed by atoms with Crippen LogP contribution in [0, 0.1) is 17.5 Å². The highest BCUT2D eigenvalue weighted by Gasteiger charge is 2.33. The Bertz CT molecular complexity index is 672. The number of ether oxygens (including phenoxy) is 1. The number of nitrogens with two attached hydrogens (primary N) is 1. The molecule has 1 aliphatic heterocycles. The Morgan fingerprint density at radius 2 is 2.04 bits per heavy atom. The molecular weight excluding hydrogens is 351 g/mol. The van der Waals surface area contributed by atoms with Gasteiger partial charge < -0.3 is 20.7 Å². The van der Waals surface area contributed by atoms with E-state index in [1.165, 1.54) is 4.90 Å². The average Bonchev–Trinajstić information content (AvgIpc) is 2.58. The summed E-state index contributed by atoms with van der Waals surface area (Å²) in [6.45, 7) is 2.88. The zero-order valence-corrected chi connectivity index (χ0v) is 14.4. The summed E-state index contributed by atoms with van der Waals surface area (Å²) in [6, 6.07) is -0.365. The number of hydrogen-bond acceptors (Lipinski definition) is 4. The van der Waals surface area contributed by atoms with Gasteiger partial charge in [0.25, 0.3) is 0 Å². The van der Waals surface area contributed by atoms with Gasteiger partial charge in [0.1, 0.15) is 11.9 Å². The van der Waals surface area contributed by atoms with Crippen LogP contribution in [-0.2, 0) is 20.7 Å². The number of amides is 2. The lowest BCUT2D eigenvalue weighted by molar-refractivity contribution is -0.146. The van der Waals surface area contributed by atoms with Gasteiger partial charge in [-0.1, -0.05) is 0 Å². The molecule has 2 atom stereocenters. The van der Waals surface area contributed by atoms with Gasteiger partial charge in [-0.2, -0.15) is 0 Å². The second-order valence-electron chi connectivity index (χ2n) is 6.08. The van der Waals surface area contributed by atoms with Crippen molar-refractivity contribution in [2.45, 2.75) is 31.8 Å². The Kier molecular flexibility index (Phi) is 6.98. The van der Waals surface area contributed by atoms with Gasteiger partial charge >= 0.3 is 0 Å². The number of benzene rings is 1. The van der Waals surface area contributed by atoms with Gasteiger partial charge in [0.2, 0.25) is 11.8 Å². The van der Waals surface area contributed by atoms with Crippen LogP contribution in [0.3, 0.4) is 0 Å². The van der Waals surface area contributed by atoms with E-state index in [0.29, 0.717) is 25.8 Å². The van der Waals surface area contributed by atoms with Crippen molar-refractivity contribution in [1.82, 2.24) is 10.2 Å². The predicted molar refractivity (Wildman–Crippen MR) is 87.6 cm³/mol. The van der Waals surface area contributed by atoms with Crippen LogP contribution >= 0.6 is 0 Å². The van der Waals surface area contributed by atoms with Gasteiger partial charge in [-0.3, -0.25) is 9.59 Å². The standard InChI is InChI=1S/C17H22F3N3O3/c1-2-26-9-15-17(25)22-3-4-23(15)16(24)7-11(21)5-10-6-13(19)14(20)8-12(10)18/h6,8,11,15H,2-5,7,9,21H2,1H3,(H,22,25). The summed E-state index contributed by atoms with van der Waals surface area (Å²) in [5.74, 6) is -4.06. The largest absolute Gasteiger partial charge is 0.379 e. The molecule has 1 aromatic carbocycles. The third-order valence-electron chi connectivity index (χ3n) is 4.14. The molecule has 3 N–H and O–H groups in total. The third kappa shape index (κ3) is 4.95. The highest BCUT2D eigenvalue weighted by Crippen LogP contribution is 2.17. The highest BCUT2D eigenvalue weighted by atomic mass is 19.2. The molecule has 2 rings (SSSR count). The van der Waals surface area contributed by atoms with Gasteiger partial charge in [0.05, 0.1) is 6.61 Å². The lowest BCUT2D eigenvalue weighted by Crippen LogP contribution is -2.59. The van der Waals surface area contributed by atoms with Crippen LogP contribution in [0.15, 0.2) is 12.1 Å². The summed E-state index contributed by atoms with van der Waals surface area (Å²) in [5, 5.41) is 2.67. The number of carbonyl (C=O) groups excluding carboxylic acids is 2. The van der Waals surface area contributed by atoms with Crippen molar-refractivity contribution < 1.29 is 27.5 Å². The molecule has 0 saturated carbocycles. The molecule has 1 saturated heterocycles. The summed E-state index contributed by atoms with van der Waals surface area (Å²) in [4.78, 5) is 25.9. The minimum atomic E-state index is -1.28. The van der Waals surface area contributed by atoms with Gasteiger partial charge in [0, 0.05) is 38.2 Å². The Morgan fingerprint density at radius 3 is 2.73 bits per heavy atom. The molecule has 0 spiro atoms. The van der Waals surface area contributed by atoms with E-state index in [9.17, 15) is 22.8 Å². The smallest absolute Gasteiger partial charge is 0.245 e. The molecule has 9 heteroatoms. The molecule has 0 bridgehead atoms. The molecule has 26 heavy (non-hydrogen) atoms. The van der Waals surface area contributed by atoms with Crippen molar-refractivity contribution in [2.24, 2.45) is 5.73 Å². The van der Waals surface area contributed by atoms with Crippen molar-refractivity contribution in [2.75, 3.05) is 26.3 Å². The first-order valence-corrected chi connectivity index (χ1v) is 8.37. The summed E-state index contributed by atoms with van der Waals surface area (Å²) in [5.41, 5.74) is 5.78. The summed E-state index contributed by atoms with van der Waals surface area (Å²) >= 11 is 0. The molecule has 144 valence electrons. The second kappa shape index (κ2) is 9.00. The van der Waals surface area contributed by atoms with E-state index in [1.807, 2.05) is 0 Å². The minimum absolute atomic E-state index is 0.0705. The second-order valence-corrected chi connectivity index (χ2v) is 6.08. The van der Waals surface area contributed by atoms with Gasteiger partial charge in [0.15, 0.2) is 11.6 Å². The Hall–Kier alpha value is -2.13. The monoisotopic (exact) mass is 373 g/mol. The quantitative estimate of drug-likeness (QED) is 0.690. The van der Waals surface area contributed by atoms with E-state index >= 15 is 0 Å². The summed E-state index contributed by atoms with van der Waals surface area (Å²) in [6.07, 6.45) is -0.292. The lowest BCUT2D eigenvalue weighted by Gasteiger charge is -2.35. The maximum atomic E-state index is 13.7. The number of halogens is 3. The van der Waals surface area contributed by atoms with Crippen LogP contribution in [0.4, 0.5) is 13.2 Å². The van der Waals surface area contributed by atoms with E-state index in [0.717, 1.165) is 6.07 Å². The first kappa shape index (κ1) is 20.2. The number of nitrogens with one attached hydrogen (secondary N) is 1. The molecule has 1 aromatic rings. The zero-order chi connectivity index (χ0) is 19.3. The SMILES string of the molecule is CCOCC1C(=O)NCCN1C(=O)CC(N)Cc1cc(F)c(F)cc1F.